The first-order chi connectivity index (χ1) is 12.5. The van der Waals surface area contributed by atoms with Crippen molar-refractivity contribution >= 4 is 16.8 Å². The third kappa shape index (κ3) is 2.98. The average Bonchev–Trinajstić information content (AvgIpc) is 3.24. The Morgan fingerprint density at radius 2 is 2.15 bits per heavy atom. The summed E-state index contributed by atoms with van der Waals surface area (Å²) in [7, 11) is 1.42. The zero-order chi connectivity index (χ0) is 18.3. The predicted molar refractivity (Wildman–Crippen MR) is 91.8 cm³/mol. The van der Waals surface area contributed by atoms with E-state index < -0.39 is 12.2 Å². The molecule has 3 aromatic rings. The third-order valence-corrected chi connectivity index (χ3v) is 4.52. The lowest BCUT2D eigenvalue weighted by atomic mass is 10.1. The van der Waals surface area contributed by atoms with Crippen molar-refractivity contribution in [2.45, 2.75) is 24.7 Å². The molecule has 134 valence electrons. The van der Waals surface area contributed by atoms with E-state index in [9.17, 15) is 15.1 Å². The number of rotatable bonds is 4. The van der Waals surface area contributed by atoms with E-state index in [1.54, 1.807) is 30.5 Å². The van der Waals surface area contributed by atoms with Gasteiger partial charge in [-0.25, -0.2) is 4.98 Å². The van der Waals surface area contributed by atoms with Crippen LogP contribution < -0.4 is 0 Å². The number of nitrogens with zero attached hydrogens (tertiary/aromatic N) is 3. The van der Waals surface area contributed by atoms with Crippen LogP contribution in [-0.4, -0.2) is 50.8 Å². The highest BCUT2D eigenvalue weighted by molar-refractivity contribution is 5.78. The van der Waals surface area contributed by atoms with Crippen molar-refractivity contribution in [2.75, 3.05) is 13.7 Å². The molecular weight excluding hydrogens is 338 g/mol. The smallest absolute Gasteiger partial charge is 0.259 e. The second kappa shape index (κ2) is 6.56. The van der Waals surface area contributed by atoms with E-state index in [4.69, 9.17) is 9.15 Å². The summed E-state index contributed by atoms with van der Waals surface area (Å²) in [4.78, 5) is 20.2. The molecule has 1 aliphatic heterocycles. The molecule has 1 aliphatic rings. The fraction of sp³-hybridized carbons (Fsp3) is 0.333. The van der Waals surface area contributed by atoms with E-state index >= 15 is 0 Å². The SMILES string of the molecule is C[N+](=O)c1ccc2nc(-c3ccc(C4CC(O)C(CO)O4)cn3)oc2c1. The van der Waals surface area contributed by atoms with E-state index in [0.717, 1.165) is 10.3 Å². The number of benzene rings is 1. The molecule has 0 radical (unpaired) electrons. The molecule has 0 saturated carbocycles. The summed E-state index contributed by atoms with van der Waals surface area (Å²) in [5, 5.41) is 19.0. The van der Waals surface area contributed by atoms with E-state index in [2.05, 4.69) is 9.97 Å². The van der Waals surface area contributed by atoms with Gasteiger partial charge in [0.2, 0.25) is 5.89 Å². The molecule has 1 aromatic carbocycles. The highest BCUT2D eigenvalue weighted by Gasteiger charge is 2.34. The van der Waals surface area contributed by atoms with E-state index in [0.29, 0.717) is 34.8 Å². The largest absolute Gasteiger partial charge is 0.434 e. The second-order valence-electron chi connectivity index (χ2n) is 6.29. The Morgan fingerprint density at radius 3 is 2.81 bits per heavy atom. The van der Waals surface area contributed by atoms with Crippen molar-refractivity contribution in [1.82, 2.24) is 9.97 Å². The van der Waals surface area contributed by atoms with Gasteiger partial charge in [-0.15, -0.1) is 0 Å². The van der Waals surface area contributed by atoms with Crippen LogP contribution in [0.25, 0.3) is 22.7 Å². The van der Waals surface area contributed by atoms with Crippen molar-refractivity contribution in [3.05, 3.63) is 47.0 Å². The fourth-order valence-corrected chi connectivity index (χ4v) is 3.05. The molecule has 3 heterocycles. The van der Waals surface area contributed by atoms with Crippen molar-refractivity contribution in [2.24, 2.45) is 0 Å². The minimum Gasteiger partial charge on any atom is -0.434 e. The van der Waals surface area contributed by atoms with Gasteiger partial charge in [0.05, 0.1) is 24.9 Å². The number of hydrogen-bond donors (Lipinski definition) is 2. The molecule has 1 saturated heterocycles. The standard InChI is InChI=1S/C18H18N3O5/c1-21(24)11-3-5-12-16(6-11)26-18(20-12)13-4-2-10(8-19-13)15-7-14(23)17(9-22)25-15/h2-6,8,14-15,17,22-23H,7,9H2,1H3/q+1. The zero-order valence-corrected chi connectivity index (χ0v) is 14.1. The first-order valence-corrected chi connectivity index (χ1v) is 8.27. The Kier molecular flexibility index (Phi) is 4.23. The molecule has 0 spiro atoms. The summed E-state index contributed by atoms with van der Waals surface area (Å²) in [6, 6.07) is 8.64. The Bertz CT molecular complexity index is 953. The van der Waals surface area contributed by atoms with Gasteiger partial charge in [-0.1, -0.05) is 6.07 Å². The predicted octanol–water partition coefficient (Wildman–Crippen LogP) is 2.11. The summed E-state index contributed by atoms with van der Waals surface area (Å²) in [6.07, 6.45) is 0.515. The van der Waals surface area contributed by atoms with Crippen LogP contribution in [0, 0.1) is 4.91 Å². The Labute approximate surface area is 148 Å². The number of oxazole rings is 1. The van der Waals surface area contributed by atoms with Crippen LogP contribution in [0.4, 0.5) is 5.69 Å². The number of aliphatic hydroxyl groups excluding tert-OH is 2. The number of ether oxygens (including phenoxy) is 1. The maximum atomic E-state index is 11.4. The first kappa shape index (κ1) is 16.8. The molecule has 2 aromatic heterocycles. The normalized spacial score (nSPS) is 22.8. The molecule has 3 unspecified atom stereocenters. The number of hydrogen-bond acceptors (Lipinski definition) is 7. The highest BCUT2D eigenvalue weighted by atomic mass is 16.5. The van der Waals surface area contributed by atoms with Crippen LogP contribution in [-0.2, 0) is 4.74 Å². The van der Waals surface area contributed by atoms with Crippen LogP contribution in [0.5, 0.6) is 0 Å². The van der Waals surface area contributed by atoms with Gasteiger partial charge < -0.3 is 19.4 Å². The molecule has 0 bridgehead atoms. The van der Waals surface area contributed by atoms with Crippen molar-refractivity contribution in [3.8, 4) is 11.6 Å². The summed E-state index contributed by atoms with van der Waals surface area (Å²) >= 11 is 0. The maximum absolute atomic E-state index is 11.4. The minimum atomic E-state index is -0.685. The number of nitroso groups, excluding NO2 is 1. The van der Waals surface area contributed by atoms with Crippen LogP contribution in [0.15, 0.2) is 40.9 Å². The van der Waals surface area contributed by atoms with Crippen LogP contribution in [0.2, 0.25) is 0 Å². The molecule has 0 aliphatic carbocycles. The molecule has 8 nitrogen and oxygen atoms in total. The Hall–Kier alpha value is -2.68. The quantitative estimate of drug-likeness (QED) is 0.689. The molecule has 8 heteroatoms. The third-order valence-electron chi connectivity index (χ3n) is 4.52. The van der Waals surface area contributed by atoms with Crippen molar-refractivity contribution < 1.29 is 24.1 Å². The zero-order valence-electron chi connectivity index (χ0n) is 14.1. The van der Waals surface area contributed by atoms with Crippen LogP contribution >= 0.6 is 0 Å². The van der Waals surface area contributed by atoms with E-state index in [-0.39, 0.29) is 12.7 Å². The van der Waals surface area contributed by atoms with Gasteiger partial charge in [-0.05, 0) is 17.7 Å². The minimum absolute atomic E-state index is 0.216. The van der Waals surface area contributed by atoms with Gasteiger partial charge in [0.1, 0.15) is 17.3 Å². The number of aliphatic hydroxyl groups is 2. The molecular formula is C18H18N3O5+. The Morgan fingerprint density at radius 1 is 1.31 bits per heavy atom. The summed E-state index contributed by atoms with van der Waals surface area (Å²) in [6.45, 7) is -0.216. The van der Waals surface area contributed by atoms with Gasteiger partial charge in [0, 0.05) is 28.4 Å². The number of fused-ring (bicyclic) bond motifs is 1. The molecule has 2 N–H and O–H groups in total. The van der Waals surface area contributed by atoms with Crippen molar-refractivity contribution in [3.63, 3.8) is 0 Å². The molecule has 4 rings (SSSR count). The number of pyridine rings is 1. The maximum Gasteiger partial charge on any atom is 0.259 e. The molecule has 3 atom stereocenters. The summed E-state index contributed by atoms with van der Waals surface area (Å²) in [5.74, 6) is 0.359. The average molecular weight is 356 g/mol. The fourth-order valence-electron chi connectivity index (χ4n) is 3.05. The van der Waals surface area contributed by atoms with E-state index in [1.165, 1.54) is 7.05 Å². The van der Waals surface area contributed by atoms with Gasteiger partial charge in [0.15, 0.2) is 12.6 Å². The lowest BCUT2D eigenvalue weighted by molar-refractivity contribution is -0.428. The van der Waals surface area contributed by atoms with E-state index in [1.807, 2.05) is 6.07 Å². The van der Waals surface area contributed by atoms with Gasteiger partial charge >= 0.3 is 0 Å². The summed E-state index contributed by atoms with van der Waals surface area (Å²) in [5.41, 5.74) is 3.01. The molecule has 26 heavy (non-hydrogen) atoms. The highest BCUT2D eigenvalue weighted by Crippen LogP contribution is 2.33. The monoisotopic (exact) mass is 356 g/mol. The Balaban J connectivity index is 1.59. The number of aromatic nitrogens is 2. The molecule has 1 fully saturated rings. The summed E-state index contributed by atoms with van der Waals surface area (Å²) < 4.78 is 12.1. The van der Waals surface area contributed by atoms with Gasteiger partial charge in [-0.3, -0.25) is 4.98 Å². The molecule has 0 amide bonds. The second-order valence-corrected chi connectivity index (χ2v) is 6.29. The van der Waals surface area contributed by atoms with Gasteiger partial charge in [-0.2, -0.15) is 0 Å². The van der Waals surface area contributed by atoms with Crippen LogP contribution in [0.3, 0.4) is 0 Å². The van der Waals surface area contributed by atoms with Gasteiger partial charge in [0.25, 0.3) is 5.69 Å². The van der Waals surface area contributed by atoms with Crippen molar-refractivity contribution in [1.29, 1.82) is 0 Å². The lowest BCUT2D eigenvalue weighted by Gasteiger charge is -2.12. The van der Waals surface area contributed by atoms with Crippen LogP contribution in [0.1, 0.15) is 18.1 Å². The lowest BCUT2D eigenvalue weighted by Crippen LogP contribution is -2.24. The topological polar surface area (TPSA) is 109 Å². The first-order valence-electron chi connectivity index (χ1n) is 8.27.